The van der Waals surface area contributed by atoms with Gasteiger partial charge in [0.05, 0.1) is 0 Å². The molecule has 0 fully saturated rings. The molecule has 0 atom stereocenters. The predicted molar refractivity (Wildman–Crippen MR) is 138 cm³/mol. The van der Waals surface area contributed by atoms with Crippen molar-refractivity contribution in [2.24, 2.45) is 0 Å². The van der Waals surface area contributed by atoms with Crippen LogP contribution in [0.25, 0.3) is 0 Å². The summed E-state index contributed by atoms with van der Waals surface area (Å²) in [5.74, 6) is 0.144. The number of hydrogen-bond donors (Lipinski definition) is 0. The van der Waals surface area contributed by atoms with Crippen LogP contribution in [0.2, 0.25) is 0 Å². The van der Waals surface area contributed by atoms with E-state index in [9.17, 15) is 10.2 Å². The van der Waals surface area contributed by atoms with E-state index in [1.807, 2.05) is 60.7 Å². The molecule has 0 bridgehead atoms. The van der Waals surface area contributed by atoms with Crippen LogP contribution in [0.5, 0.6) is 11.5 Å². The molecule has 0 saturated heterocycles. The summed E-state index contributed by atoms with van der Waals surface area (Å²) in [5.41, 5.74) is 0. The minimum absolute atomic E-state index is 0. The summed E-state index contributed by atoms with van der Waals surface area (Å²) in [5, 5.41) is 20.5. The molecule has 2 aromatic carbocycles. The molecule has 36 heavy (non-hydrogen) atoms. The van der Waals surface area contributed by atoms with Gasteiger partial charge < -0.3 is 10.2 Å². The summed E-state index contributed by atoms with van der Waals surface area (Å²) in [6.07, 6.45) is 40.0. The van der Waals surface area contributed by atoms with E-state index in [0.717, 1.165) is 25.7 Å². The van der Waals surface area contributed by atoms with Gasteiger partial charge in [-0.1, -0.05) is 60.7 Å². The van der Waals surface area contributed by atoms with Crippen LogP contribution in [0.1, 0.15) is 25.7 Å². The first-order valence-corrected chi connectivity index (χ1v) is 11.1. The average molecular weight is 629 g/mol. The second kappa shape index (κ2) is 29.0. The van der Waals surface area contributed by atoms with Crippen molar-refractivity contribution in [2.75, 3.05) is 0 Å². The zero-order chi connectivity index (χ0) is 24.4. The summed E-state index contributed by atoms with van der Waals surface area (Å²) in [6, 6.07) is 16.7. The van der Waals surface area contributed by atoms with Gasteiger partial charge in [-0.25, -0.2) is 48.6 Å². The minimum atomic E-state index is 0. The molecule has 0 heterocycles. The summed E-state index contributed by atoms with van der Waals surface area (Å²) in [7, 11) is 0. The molecule has 0 radical (unpaired) electrons. The Morgan fingerprint density at radius 2 is 0.667 bits per heavy atom. The molecule has 0 aromatic heterocycles. The van der Waals surface area contributed by atoms with E-state index >= 15 is 0 Å². The van der Waals surface area contributed by atoms with Crippen molar-refractivity contribution < 1.29 is 62.6 Å². The third-order valence-electron chi connectivity index (χ3n) is 3.83. The Hall–Kier alpha value is -2.27. The molecule has 0 N–H and O–H groups in total. The van der Waals surface area contributed by atoms with Gasteiger partial charge in [-0.05, 0) is 0 Å². The first-order valence-electron chi connectivity index (χ1n) is 11.1. The van der Waals surface area contributed by atoms with E-state index in [0.29, 0.717) is 0 Å². The van der Waals surface area contributed by atoms with E-state index in [1.54, 1.807) is 24.3 Å². The monoisotopic (exact) mass is 626 g/mol. The largest absolute Gasteiger partial charge is 2.00 e. The van der Waals surface area contributed by atoms with Crippen LogP contribution in [0.3, 0.4) is 0 Å². The number of para-hydroxylation sites is 2. The van der Waals surface area contributed by atoms with E-state index in [2.05, 4.69) is 48.6 Å². The van der Waals surface area contributed by atoms with Crippen LogP contribution in [0.15, 0.2) is 134 Å². The van der Waals surface area contributed by atoms with Crippen LogP contribution in [0, 0.1) is 24.3 Å². The Labute approximate surface area is 255 Å². The second-order valence-corrected chi connectivity index (χ2v) is 6.64. The maximum absolute atomic E-state index is 10.3. The number of hydrogen-bond acceptors (Lipinski definition) is 2. The normalized spacial score (nSPS) is 13.1. The van der Waals surface area contributed by atoms with Crippen molar-refractivity contribution in [2.45, 2.75) is 25.7 Å². The average Bonchev–Trinajstić information content (AvgIpc) is 3.73. The van der Waals surface area contributed by atoms with E-state index in [1.165, 1.54) is 24.3 Å². The van der Waals surface area contributed by atoms with E-state index < -0.39 is 0 Å². The first-order chi connectivity index (χ1) is 16.8. The first kappa shape index (κ1) is 35.9. The van der Waals surface area contributed by atoms with E-state index in [-0.39, 0.29) is 63.9 Å². The second-order valence-electron chi connectivity index (χ2n) is 6.64. The molecule has 6 rings (SSSR count). The SMILES string of the molecule is [C-]1=CC=CC1.[C-]1=CC=CC1.[C-]1=CC=CC1.[C-]1=CC=CC1.[O-]c1ccccc1.[O-]c1ccccc1.[Zr+2].[Zr+2]. The molecular formula is C32H30O2Zr2-2. The number of benzene rings is 2. The third kappa shape index (κ3) is 26.3. The quantitative estimate of drug-likeness (QED) is 0.304. The Kier molecular flexibility index (Phi) is 28.9. The van der Waals surface area contributed by atoms with Crippen molar-refractivity contribution in [3.05, 3.63) is 158 Å². The van der Waals surface area contributed by atoms with Gasteiger partial charge in [-0.15, -0.1) is 37.2 Å². The van der Waals surface area contributed by atoms with Gasteiger partial charge in [0.25, 0.3) is 0 Å². The van der Waals surface area contributed by atoms with Gasteiger partial charge in [-0.3, -0.25) is 24.3 Å². The molecule has 2 aromatic rings. The molecular weight excluding hydrogens is 599 g/mol. The molecule has 0 spiro atoms. The van der Waals surface area contributed by atoms with E-state index in [4.69, 9.17) is 0 Å². The van der Waals surface area contributed by atoms with Gasteiger partial charge >= 0.3 is 52.4 Å². The zero-order valence-corrected chi connectivity index (χ0v) is 25.3. The number of allylic oxidation sites excluding steroid dienone is 16. The maximum atomic E-state index is 10.3. The fraction of sp³-hybridized carbons (Fsp3) is 0.125. The molecule has 4 aliphatic carbocycles. The molecule has 4 aliphatic rings. The van der Waals surface area contributed by atoms with Gasteiger partial charge in [-0.2, -0.15) is 24.3 Å². The van der Waals surface area contributed by atoms with Crippen molar-refractivity contribution in [3.63, 3.8) is 0 Å². The third-order valence-corrected chi connectivity index (χ3v) is 3.83. The molecule has 4 heteroatoms. The smallest absolute Gasteiger partial charge is 0.872 e. The Morgan fingerprint density at radius 3 is 0.750 bits per heavy atom. The van der Waals surface area contributed by atoms with Crippen LogP contribution < -0.4 is 10.2 Å². The molecule has 2 nitrogen and oxygen atoms in total. The van der Waals surface area contributed by atoms with Gasteiger partial charge in [0.15, 0.2) is 0 Å². The fourth-order valence-corrected chi connectivity index (χ4v) is 2.20. The molecule has 0 aliphatic heterocycles. The Bertz CT molecular complexity index is 802. The molecule has 180 valence electrons. The van der Waals surface area contributed by atoms with Crippen molar-refractivity contribution in [1.82, 2.24) is 0 Å². The maximum Gasteiger partial charge on any atom is 2.00 e. The molecule has 0 amide bonds. The van der Waals surface area contributed by atoms with Gasteiger partial charge in [0, 0.05) is 0 Å². The Morgan fingerprint density at radius 1 is 0.417 bits per heavy atom. The van der Waals surface area contributed by atoms with Crippen LogP contribution in [-0.2, 0) is 52.4 Å². The van der Waals surface area contributed by atoms with Crippen LogP contribution in [-0.4, -0.2) is 0 Å². The fourth-order valence-electron chi connectivity index (χ4n) is 2.20. The van der Waals surface area contributed by atoms with Crippen LogP contribution in [0.4, 0.5) is 0 Å². The summed E-state index contributed by atoms with van der Waals surface area (Å²) in [6.45, 7) is 0. The van der Waals surface area contributed by atoms with Gasteiger partial charge in [0.1, 0.15) is 0 Å². The topological polar surface area (TPSA) is 46.1 Å². The summed E-state index contributed by atoms with van der Waals surface area (Å²) < 4.78 is 0. The Balaban J connectivity index is 0. The van der Waals surface area contributed by atoms with Crippen LogP contribution >= 0.6 is 0 Å². The van der Waals surface area contributed by atoms with Crippen molar-refractivity contribution in [1.29, 1.82) is 0 Å². The molecule has 0 saturated carbocycles. The summed E-state index contributed by atoms with van der Waals surface area (Å²) >= 11 is 0. The van der Waals surface area contributed by atoms with Crippen molar-refractivity contribution in [3.8, 4) is 11.5 Å². The standard InChI is InChI=1S/2C6H6O.4C5H5.2Zr/c2*7-6-4-2-1-3-5-6;4*1-2-4-5-3-1;;/h2*1-5,7H;4*1-3H,4H2;;/q;;4*-1;2*+2/p-2. The number of rotatable bonds is 0. The summed E-state index contributed by atoms with van der Waals surface area (Å²) in [4.78, 5) is 0. The molecule has 0 unspecified atom stereocenters. The zero-order valence-electron chi connectivity index (χ0n) is 20.3. The predicted octanol–water partition coefficient (Wildman–Crippen LogP) is 6.74. The minimum Gasteiger partial charge on any atom is -0.872 e. The van der Waals surface area contributed by atoms with Gasteiger partial charge in [0.2, 0.25) is 0 Å². The van der Waals surface area contributed by atoms with Crippen molar-refractivity contribution >= 4 is 0 Å².